The second-order valence-corrected chi connectivity index (χ2v) is 10.6. The predicted octanol–water partition coefficient (Wildman–Crippen LogP) is 6.37. The highest BCUT2D eigenvalue weighted by atomic mass is 16.4. The van der Waals surface area contributed by atoms with Gasteiger partial charge in [-0.2, -0.15) is 10.2 Å². The lowest BCUT2D eigenvalue weighted by Crippen LogP contribution is -2.21. The van der Waals surface area contributed by atoms with Crippen LogP contribution in [-0.2, 0) is 6.42 Å². The minimum Gasteiger partial charge on any atom is -0.478 e. The Labute approximate surface area is 201 Å². The van der Waals surface area contributed by atoms with Crippen molar-refractivity contribution in [3.05, 3.63) is 64.7 Å². The lowest BCUT2D eigenvalue weighted by atomic mass is 9.81. The third-order valence-corrected chi connectivity index (χ3v) is 8.28. The Hall–Kier alpha value is -2.89. The molecule has 6 rings (SSSR count). The molecular weight excluding hydrogens is 424 g/mol. The summed E-state index contributed by atoms with van der Waals surface area (Å²) in [6.45, 7) is 2.29. The number of rotatable bonds is 7. The summed E-state index contributed by atoms with van der Waals surface area (Å²) in [4.78, 5) is 11.7. The Kier molecular flexibility index (Phi) is 5.54. The lowest BCUT2D eigenvalue weighted by molar-refractivity contribution is 0.0695. The van der Waals surface area contributed by atoms with E-state index in [-0.39, 0.29) is 0 Å². The van der Waals surface area contributed by atoms with Crippen LogP contribution in [0.25, 0.3) is 5.69 Å². The summed E-state index contributed by atoms with van der Waals surface area (Å²) < 4.78 is 4.27. The quantitative estimate of drug-likeness (QED) is 0.446. The molecule has 2 aromatic heterocycles. The molecule has 2 unspecified atom stereocenters. The maximum Gasteiger partial charge on any atom is 0.339 e. The van der Waals surface area contributed by atoms with Crippen LogP contribution < -0.4 is 0 Å². The van der Waals surface area contributed by atoms with Gasteiger partial charge in [-0.05, 0) is 80.5 Å². The first-order chi connectivity index (χ1) is 16.6. The largest absolute Gasteiger partial charge is 0.478 e. The van der Waals surface area contributed by atoms with Crippen LogP contribution in [-0.4, -0.2) is 30.6 Å². The molecule has 3 atom stereocenters. The van der Waals surface area contributed by atoms with Crippen molar-refractivity contribution >= 4 is 5.97 Å². The van der Waals surface area contributed by atoms with Crippen molar-refractivity contribution in [3.8, 4) is 5.69 Å². The third-order valence-electron chi connectivity index (χ3n) is 8.28. The molecule has 0 saturated heterocycles. The highest BCUT2D eigenvalue weighted by Crippen LogP contribution is 2.45. The zero-order valence-electron chi connectivity index (χ0n) is 20.0. The van der Waals surface area contributed by atoms with Crippen molar-refractivity contribution in [2.24, 2.45) is 0 Å². The highest BCUT2D eigenvalue weighted by molar-refractivity contribution is 5.89. The average molecular weight is 459 g/mol. The monoisotopic (exact) mass is 458 g/mol. The maximum absolute atomic E-state index is 11.7. The molecule has 34 heavy (non-hydrogen) atoms. The number of benzene rings is 1. The van der Waals surface area contributed by atoms with Gasteiger partial charge in [-0.15, -0.1) is 0 Å². The van der Waals surface area contributed by atoms with Gasteiger partial charge in [0.05, 0.1) is 29.8 Å². The van der Waals surface area contributed by atoms with Crippen molar-refractivity contribution in [2.75, 3.05) is 0 Å². The van der Waals surface area contributed by atoms with Crippen molar-refractivity contribution in [1.29, 1.82) is 0 Å². The smallest absolute Gasteiger partial charge is 0.339 e. The molecule has 1 aromatic carbocycles. The third kappa shape index (κ3) is 3.77. The van der Waals surface area contributed by atoms with Gasteiger partial charge in [0.25, 0.3) is 0 Å². The number of hydrogen-bond donors (Lipinski definition) is 1. The van der Waals surface area contributed by atoms with Crippen LogP contribution in [0.15, 0.2) is 36.7 Å². The van der Waals surface area contributed by atoms with Gasteiger partial charge in [0.15, 0.2) is 0 Å². The average Bonchev–Trinajstić information content (AvgIpc) is 3.27. The molecule has 2 fully saturated rings. The van der Waals surface area contributed by atoms with Crippen LogP contribution >= 0.6 is 0 Å². The fourth-order valence-electron chi connectivity index (χ4n) is 6.51. The van der Waals surface area contributed by atoms with E-state index in [4.69, 9.17) is 5.10 Å². The molecule has 0 aliphatic heterocycles. The fourth-order valence-corrected chi connectivity index (χ4v) is 6.51. The molecule has 2 saturated carbocycles. The van der Waals surface area contributed by atoms with E-state index in [2.05, 4.69) is 47.2 Å². The van der Waals surface area contributed by atoms with E-state index in [1.54, 1.807) is 0 Å². The van der Waals surface area contributed by atoms with E-state index < -0.39 is 5.97 Å². The molecule has 3 aliphatic carbocycles. The van der Waals surface area contributed by atoms with Gasteiger partial charge in [-0.1, -0.05) is 31.9 Å². The summed E-state index contributed by atoms with van der Waals surface area (Å²) >= 11 is 0. The van der Waals surface area contributed by atoms with Crippen molar-refractivity contribution in [3.63, 3.8) is 0 Å². The Morgan fingerprint density at radius 3 is 2.74 bits per heavy atom. The minimum absolute atomic E-state index is 0.314. The van der Waals surface area contributed by atoms with E-state index >= 15 is 0 Å². The van der Waals surface area contributed by atoms with Crippen LogP contribution in [0.4, 0.5) is 0 Å². The first-order valence-electron chi connectivity index (χ1n) is 13.1. The van der Waals surface area contributed by atoms with Crippen LogP contribution in [0.2, 0.25) is 0 Å². The Morgan fingerprint density at radius 2 is 1.94 bits per heavy atom. The number of aromatic nitrogens is 4. The summed E-state index contributed by atoms with van der Waals surface area (Å²) in [5, 5.41) is 19.0. The number of carbonyl (C=O) groups is 1. The summed E-state index contributed by atoms with van der Waals surface area (Å²) in [6.07, 6.45) is 15.4. The zero-order chi connectivity index (χ0) is 23.2. The normalized spacial score (nSPS) is 24.3. The van der Waals surface area contributed by atoms with Gasteiger partial charge >= 0.3 is 5.97 Å². The topological polar surface area (TPSA) is 72.9 Å². The number of aryl methyl sites for hydroxylation is 1. The minimum atomic E-state index is -0.882. The fraction of sp³-hybridized carbons (Fsp3) is 0.536. The van der Waals surface area contributed by atoms with Crippen molar-refractivity contribution in [2.45, 2.75) is 94.9 Å². The first-order valence-corrected chi connectivity index (χ1v) is 13.1. The summed E-state index contributed by atoms with van der Waals surface area (Å²) in [6, 6.07) is 9.11. The Bertz CT molecular complexity index is 1200. The number of carboxylic acids is 1. The number of carboxylic acid groups (broad SMARTS) is 1. The molecule has 3 aromatic rings. The zero-order valence-corrected chi connectivity index (χ0v) is 20.0. The Balaban J connectivity index is 1.27. The molecule has 6 nitrogen and oxygen atoms in total. The van der Waals surface area contributed by atoms with Crippen molar-refractivity contribution < 1.29 is 9.90 Å². The standard InChI is InChI=1S/C28H34N4O2/c1-2-5-18-12-13-22-16-29-31(26(18)22)23-8-3-6-20(14-23)21-7-4-9-24(15-21)32-27(19-10-11-19)25(17-30-32)28(33)34/h4,7,9,15-20,23H,2-3,5-6,8,10-14H2,1H3,(H,33,34)/t18?,20-,23?/m0/s1. The molecule has 0 radical (unpaired) electrons. The molecule has 1 N–H and O–H groups in total. The highest BCUT2D eigenvalue weighted by Gasteiger charge is 2.34. The van der Waals surface area contributed by atoms with Gasteiger partial charge in [-0.25, -0.2) is 9.48 Å². The van der Waals surface area contributed by atoms with Crippen LogP contribution in [0.5, 0.6) is 0 Å². The molecule has 0 amide bonds. The number of fused-ring (bicyclic) bond motifs is 1. The Morgan fingerprint density at radius 1 is 1.06 bits per heavy atom. The molecule has 0 spiro atoms. The number of nitrogens with zero attached hydrogens (tertiary/aromatic N) is 4. The summed E-state index contributed by atoms with van der Waals surface area (Å²) in [7, 11) is 0. The first kappa shape index (κ1) is 21.6. The van der Waals surface area contributed by atoms with E-state index in [1.807, 2.05) is 4.68 Å². The summed E-state index contributed by atoms with van der Waals surface area (Å²) in [5.41, 5.74) is 6.53. The lowest BCUT2D eigenvalue weighted by Gasteiger charge is -2.31. The van der Waals surface area contributed by atoms with Crippen LogP contribution in [0.3, 0.4) is 0 Å². The van der Waals surface area contributed by atoms with Gasteiger partial charge in [0, 0.05) is 17.5 Å². The predicted molar refractivity (Wildman–Crippen MR) is 131 cm³/mol. The summed E-state index contributed by atoms with van der Waals surface area (Å²) in [5.74, 6) is 0.598. The molecule has 2 heterocycles. The van der Waals surface area contributed by atoms with Gasteiger partial charge in [0.1, 0.15) is 5.56 Å². The van der Waals surface area contributed by atoms with Crippen molar-refractivity contribution in [1.82, 2.24) is 19.6 Å². The SMILES string of the molecule is CCCC1CCc2cnn(C3CCC[C@H](c4cccc(-n5ncc(C(=O)O)c5C5CC5)c4)C3)c21. The maximum atomic E-state index is 11.7. The van der Waals surface area contributed by atoms with Crippen LogP contribution in [0, 0.1) is 0 Å². The number of aromatic carboxylic acids is 1. The van der Waals surface area contributed by atoms with E-state index in [0.717, 1.165) is 30.6 Å². The van der Waals surface area contributed by atoms with Gasteiger partial charge in [-0.3, -0.25) is 4.68 Å². The molecule has 3 aliphatic rings. The van der Waals surface area contributed by atoms with Crippen LogP contribution in [0.1, 0.15) is 121 Å². The molecule has 0 bridgehead atoms. The molecule has 6 heteroatoms. The second kappa shape index (κ2) is 8.71. The van der Waals surface area contributed by atoms with E-state index in [0.29, 0.717) is 29.4 Å². The van der Waals surface area contributed by atoms with E-state index in [1.165, 1.54) is 68.0 Å². The molecular formula is C28H34N4O2. The van der Waals surface area contributed by atoms with Gasteiger partial charge in [0.2, 0.25) is 0 Å². The molecule has 178 valence electrons. The number of hydrogen-bond acceptors (Lipinski definition) is 3. The van der Waals surface area contributed by atoms with E-state index in [9.17, 15) is 9.90 Å². The second-order valence-electron chi connectivity index (χ2n) is 10.6. The van der Waals surface area contributed by atoms with Gasteiger partial charge < -0.3 is 5.11 Å².